The van der Waals surface area contributed by atoms with Crippen LogP contribution in [0.5, 0.6) is 0 Å². The van der Waals surface area contributed by atoms with Crippen molar-refractivity contribution in [3.8, 4) is 0 Å². The van der Waals surface area contributed by atoms with Crippen molar-refractivity contribution in [3.63, 3.8) is 0 Å². The van der Waals surface area contributed by atoms with Gasteiger partial charge in [-0.25, -0.2) is 9.29 Å². The average molecular weight is 340 g/mol. The third-order valence-corrected chi connectivity index (χ3v) is 4.86. The number of imide groups is 1. The smallest absolute Gasteiger partial charge is 0.234 e. The van der Waals surface area contributed by atoms with Crippen molar-refractivity contribution >= 4 is 33.4 Å². The summed E-state index contributed by atoms with van der Waals surface area (Å²) in [6.45, 7) is 0. The van der Waals surface area contributed by atoms with Crippen LogP contribution in [0.4, 0.5) is 10.1 Å². The first-order valence-electron chi connectivity index (χ1n) is 6.82. The minimum atomic E-state index is -0.552. The van der Waals surface area contributed by atoms with Crippen molar-refractivity contribution in [2.45, 2.75) is 38.5 Å². The van der Waals surface area contributed by atoms with Crippen molar-refractivity contribution in [2.24, 2.45) is 5.41 Å². The molecular formula is C15H15BrFNO2. The van der Waals surface area contributed by atoms with E-state index >= 15 is 0 Å². The predicted molar refractivity (Wildman–Crippen MR) is 76.7 cm³/mol. The quantitative estimate of drug-likeness (QED) is 0.729. The van der Waals surface area contributed by atoms with Crippen molar-refractivity contribution in [3.05, 3.63) is 28.5 Å². The standard InChI is InChI=1S/C15H15BrFNO2/c16-10-3-4-12(11(17)7-10)18-13(19)8-15(9-14(18)20)5-1-2-6-15/h3-4,7H,1-2,5-6,8-9H2. The van der Waals surface area contributed by atoms with Crippen LogP contribution in [0.15, 0.2) is 22.7 Å². The molecule has 106 valence electrons. The maximum atomic E-state index is 14.0. The maximum absolute atomic E-state index is 14.0. The third-order valence-electron chi connectivity index (χ3n) is 4.37. The van der Waals surface area contributed by atoms with E-state index in [9.17, 15) is 14.0 Å². The van der Waals surface area contributed by atoms with Crippen molar-refractivity contribution < 1.29 is 14.0 Å². The van der Waals surface area contributed by atoms with Gasteiger partial charge in [0.25, 0.3) is 0 Å². The van der Waals surface area contributed by atoms with E-state index in [0.717, 1.165) is 30.6 Å². The number of hydrogen-bond acceptors (Lipinski definition) is 2. The molecule has 0 unspecified atom stereocenters. The van der Waals surface area contributed by atoms with E-state index in [1.807, 2.05) is 0 Å². The van der Waals surface area contributed by atoms with Crippen LogP contribution in [0.3, 0.4) is 0 Å². The molecule has 5 heteroatoms. The molecule has 3 nitrogen and oxygen atoms in total. The number of halogens is 2. The molecule has 0 atom stereocenters. The number of amides is 2. The van der Waals surface area contributed by atoms with E-state index in [1.165, 1.54) is 12.1 Å². The Labute approximate surface area is 125 Å². The Morgan fingerprint density at radius 2 is 1.70 bits per heavy atom. The first-order valence-corrected chi connectivity index (χ1v) is 7.61. The number of carbonyl (C=O) groups excluding carboxylic acids is 2. The molecule has 1 saturated heterocycles. The lowest BCUT2D eigenvalue weighted by Gasteiger charge is -2.37. The first kappa shape index (κ1) is 13.7. The molecule has 1 aromatic rings. The van der Waals surface area contributed by atoms with Gasteiger partial charge in [0.1, 0.15) is 5.82 Å². The summed E-state index contributed by atoms with van der Waals surface area (Å²) in [6, 6.07) is 4.39. The van der Waals surface area contributed by atoms with E-state index in [0.29, 0.717) is 17.3 Å². The molecule has 2 amide bonds. The zero-order valence-corrected chi connectivity index (χ0v) is 12.6. The zero-order chi connectivity index (χ0) is 14.3. The van der Waals surface area contributed by atoms with Gasteiger partial charge in [0.05, 0.1) is 5.69 Å². The summed E-state index contributed by atoms with van der Waals surface area (Å²) in [5.74, 6) is -1.10. The molecule has 1 aromatic carbocycles. The number of anilines is 1. The number of benzene rings is 1. The Hall–Kier alpha value is -1.23. The molecule has 1 aliphatic carbocycles. The fourth-order valence-electron chi connectivity index (χ4n) is 3.41. The van der Waals surface area contributed by atoms with Crippen molar-refractivity contribution in [1.29, 1.82) is 0 Å². The van der Waals surface area contributed by atoms with Crippen LogP contribution >= 0.6 is 15.9 Å². The highest BCUT2D eigenvalue weighted by atomic mass is 79.9. The summed E-state index contributed by atoms with van der Waals surface area (Å²) in [5.41, 5.74) is -0.0905. The molecule has 0 aromatic heterocycles. The first-order chi connectivity index (χ1) is 9.51. The van der Waals surface area contributed by atoms with Crippen LogP contribution in [0.25, 0.3) is 0 Å². The number of rotatable bonds is 1. The summed E-state index contributed by atoms with van der Waals surface area (Å²) >= 11 is 3.17. The number of piperidine rings is 1. The normalized spacial score (nSPS) is 21.8. The Balaban J connectivity index is 1.91. The minimum absolute atomic E-state index is 0.0658. The van der Waals surface area contributed by atoms with Gasteiger partial charge in [-0.1, -0.05) is 28.8 Å². The van der Waals surface area contributed by atoms with E-state index in [1.54, 1.807) is 6.07 Å². The lowest BCUT2D eigenvalue weighted by molar-refractivity contribution is -0.133. The number of nitrogens with zero attached hydrogens (tertiary/aromatic N) is 1. The van der Waals surface area contributed by atoms with Crippen LogP contribution < -0.4 is 4.90 Å². The van der Waals surface area contributed by atoms with Crippen LogP contribution in [0.1, 0.15) is 38.5 Å². The molecule has 1 aliphatic heterocycles. The topological polar surface area (TPSA) is 37.4 Å². The van der Waals surface area contributed by atoms with Gasteiger partial charge in [0.15, 0.2) is 0 Å². The summed E-state index contributed by atoms with van der Waals surface area (Å²) in [5, 5.41) is 0. The van der Waals surface area contributed by atoms with Gasteiger partial charge in [0.2, 0.25) is 11.8 Å². The van der Waals surface area contributed by atoms with Gasteiger partial charge in [-0.15, -0.1) is 0 Å². The monoisotopic (exact) mass is 339 g/mol. The Morgan fingerprint density at radius 3 is 2.25 bits per heavy atom. The second-order valence-corrected chi connectivity index (χ2v) is 6.69. The Kier molecular flexibility index (Phi) is 3.40. The predicted octanol–water partition coefficient (Wildman–Crippen LogP) is 3.80. The maximum Gasteiger partial charge on any atom is 0.234 e. The highest BCUT2D eigenvalue weighted by Gasteiger charge is 2.45. The lowest BCUT2D eigenvalue weighted by Crippen LogP contribution is -2.47. The molecular weight excluding hydrogens is 325 g/mol. The van der Waals surface area contributed by atoms with Crippen LogP contribution in [-0.4, -0.2) is 11.8 Å². The number of carbonyl (C=O) groups is 2. The van der Waals surface area contributed by atoms with Gasteiger partial charge in [-0.05, 0) is 36.5 Å². The summed E-state index contributed by atoms with van der Waals surface area (Å²) in [6.07, 6.45) is 4.73. The molecule has 3 rings (SSSR count). The second-order valence-electron chi connectivity index (χ2n) is 5.78. The SMILES string of the molecule is O=C1CC2(CCCC2)CC(=O)N1c1ccc(Br)cc1F. The van der Waals surface area contributed by atoms with Crippen LogP contribution in [0.2, 0.25) is 0 Å². The fourth-order valence-corrected chi connectivity index (χ4v) is 3.74. The van der Waals surface area contributed by atoms with Gasteiger partial charge in [0, 0.05) is 17.3 Å². The van der Waals surface area contributed by atoms with Gasteiger partial charge in [-0.2, -0.15) is 0 Å². The summed E-state index contributed by atoms with van der Waals surface area (Å²) in [7, 11) is 0. The largest absolute Gasteiger partial charge is 0.274 e. The van der Waals surface area contributed by atoms with E-state index < -0.39 is 5.82 Å². The summed E-state index contributed by atoms with van der Waals surface area (Å²) in [4.78, 5) is 25.7. The fraction of sp³-hybridized carbons (Fsp3) is 0.467. The zero-order valence-electron chi connectivity index (χ0n) is 11.0. The molecule has 2 fully saturated rings. The van der Waals surface area contributed by atoms with Gasteiger partial charge in [-0.3, -0.25) is 9.59 Å². The van der Waals surface area contributed by atoms with Gasteiger partial charge < -0.3 is 0 Å². The van der Waals surface area contributed by atoms with Crippen LogP contribution in [-0.2, 0) is 9.59 Å². The third kappa shape index (κ3) is 2.28. The molecule has 1 spiro atoms. The lowest BCUT2D eigenvalue weighted by atomic mass is 9.76. The average Bonchev–Trinajstić information content (AvgIpc) is 2.79. The highest BCUT2D eigenvalue weighted by molar-refractivity contribution is 9.10. The van der Waals surface area contributed by atoms with E-state index in [2.05, 4.69) is 15.9 Å². The Bertz CT molecular complexity index is 561. The Morgan fingerprint density at radius 1 is 1.10 bits per heavy atom. The molecule has 0 radical (unpaired) electrons. The molecule has 2 aliphatic rings. The highest BCUT2D eigenvalue weighted by Crippen LogP contribution is 2.47. The van der Waals surface area contributed by atoms with Crippen molar-refractivity contribution in [1.82, 2.24) is 0 Å². The van der Waals surface area contributed by atoms with Crippen LogP contribution in [0, 0.1) is 11.2 Å². The molecule has 0 N–H and O–H groups in total. The van der Waals surface area contributed by atoms with Crippen molar-refractivity contribution in [2.75, 3.05) is 4.90 Å². The molecule has 1 saturated carbocycles. The molecule has 1 heterocycles. The summed E-state index contributed by atoms with van der Waals surface area (Å²) < 4.78 is 14.6. The van der Waals surface area contributed by atoms with E-state index in [4.69, 9.17) is 0 Å². The minimum Gasteiger partial charge on any atom is -0.274 e. The van der Waals surface area contributed by atoms with E-state index in [-0.39, 0.29) is 22.9 Å². The second kappa shape index (κ2) is 4.95. The molecule has 0 bridgehead atoms. The van der Waals surface area contributed by atoms with Gasteiger partial charge >= 0.3 is 0 Å². The number of hydrogen-bond donors (Lipinski definition) is 0. The molecule has 20 heavy (non-hydrogen) atoms.